The molecule has 0 aliphatic carbocycles. The van der Waals surface area contributed by atoms with Crippen LogP contribution >= 0.6 is 0 Å². The summed E-state index contributed by atoms with van der Waals surface area (Å²) in [5.74, 6) is 0.0337. The van der Waals surface area contributed by atoms with Gasteiger partial charge in [0.25, 0.3) is 0 Å². The van der Waals surface area contributed by atoms with Crippen molar-refractivity contribution >= 4 is 52.5 Å². The zero-order valence-electron chi connectivity index (χ0n) is 31.4. The molecule has 54 heavy (non-hydrogen) atoms. The molecule has 9 heteroatoms. The molecule has 6 aromatic rings. The molecule has 0 bridgehead atoms. The van der Waals surface area contributed by atoms with Crippen molar-refractivity contribution in [2.75, 3.05) is 13.1 Å². The predicted octanol–water partition coefficient (Wildman–Crippen LogP) is 6.13. The van der Waals surface area contributed by atoms with Crippen molar-refractivity contribution in [2.45, 2.75) is 65.7 Å². The Hall–Kier alpha value is -4.60. The van der Waals surface area contributed by atoms with E-state index in [0.29, 0.717) is 36.1 Å². The van der Waals surface area contributed by atoms with Gasteiger partial charge in [-0.25, -0.2) is 0 Å². The van der Waals surface area contributed by atoms with E-state index in [0.717, 1.165) is 83.6 Å². The van der Waals surface area contributed by atoms with Gasteiger partial charge in [0.15, 0.2) is 5.78 Å². The molecular weight excluding hydrogens is 670 g/mol. The Balaban J connectivity index is 1.18. The molecule has 0 aliphatic rings. The zero-order chi connectivity index (χ0) is 38.0. The van der Waals surface area contributed by atoms with Gasteiger partial charge in [-0.3, -0.25) is 14.6 Å². The summed E-state index contributed by atoms with van der Waals surface area (Å²) in [6, 6.07) is 40.2. The van der Waals surface area contributed by atoms with Crippen LogP contribution in [0.3, 0.4) is 0 Å². The van der Waals surface area contributed by atoms with E-state index >= 15 is 0 Å². The van der Waals surface area contributed by atoms with Crippen molar-refractivity contribution in [3.63, 3.8) is 0 Å². The number of Topliss-reactive ketones (excluding diaryl/α,β-unsaturated/α-hetero) is 1. The van der Waals surface area contributed by atoms with Gasteiger partial charge >= 0.3 is 14.2 Å². The molecule has 0 atom stereocenters. The first-order valence-corrected chi connectivity index (χ1v) is 19.0. The monoisotopic (exact) mass is 720 g/mol. The number of unbranched alkanes of at least 4 members (excludes halogenated alkanes) is 3. The number of benzene rings is 6. The molecule has 0 aromatic heterocycles. The van der Waals surface area contributed by atoms with Gasteiger partial charge in [0.1, 0.15) is 0 Å². The molecular formula is C45H50B2N2O5. The van der Waals surface area contributed by atoms with Crippen LogP contribution < -0.4 is 10.9 Å². The third kappa shape index (κ3) is 10.1. The number of carbonyl (C=O) groups excluding carboxylic acids is 1. The lowest BCUT2D eigenvalue weighted by Crippen LogP contribution is -2.36. The highest BCUT2D eigenvalue weighted by Crippen LogP contribution is 2.31. The van der Waals surface area contributed by atoms with Gasteiger partial charge in [-0.2, -0.15) is 0 Å². The Morgan fingerprint density at radius 2 is 1.09 bits per heavy atom. The second-order valence-electron chi connectivity index (χ2n) is 14.5. The van der Waals surface area contributed by atoms with E-state index in [9.17, 15) is 24.9 Å². The maximum atomic E-state index is 12.5. The predicted molar refractivity (Wildman–Crippen MR) is 222 cm³/mol. The summed E-state index contributed by atoms with van der Waals surface area (Å²) in [6.45, 7) is 7.94. The van der Waals surface area contributed by atoms with Crippen molar-refractivity contribution in [1.29, 1.82) is 0 Å². The molecule has 0 radical (unpaired) electrons. The molecule has 0 heterocycles. The van der Waals surface area contributed by atoms with Crippen LogP contribution in [0.25, 0.3) is 21.5 Å². The number of hydrogen-bond donors (Lipinski definition) is 4. The van der Waals surface area contributed by atoms with E-state index in [1.807, 2.05) is 54.6 Å². The van der Waals surface area contributed by atoms with Crippen LogP contribution in [0.15, 0.2) is 121 Å². The number of aryl methyl sites for hydroxylation is 1. The minimum absolute atomic E-state index is 0.0337. The van der Waals surface area contributed by atoms with Crippen molar-refractivity contribution < 1.29 is 24.9 Å². The average molecular weight is 721 g/mol. The number of nitrogens with zero attached hydrogens (tertiary/aromatic N) is 2. The number of fused-ring (bicyclic) bond motifs is 2. The minimum atomic E-state index is -1.56. The Morgan fingerprint density at radius 3 is 1.69 bits per heavy atom. The first-order valence-electron chi connectivity index (χ1n) is 19.0. The van der Waals surface area contributed by atoms with E-state index in [1.54, 1.807) is 19.1 Å². The van der Waals surface area contributed by atoms with Crippen molar-refractivity contribution in [3.8, 4) is 0 Å². The van der Waals surface area contributed by atoms with E-state index < -0.39 is 14.2 Å². The highest BCUT2D eigenvalue weighted by Gasteiger charge is 2.20. The summed E-state index contributed by atoms with van der Waals surface area (Å²) in [5, 5.41) is 44.9. The fourth-order valence-corrected chi connectivity index (χ4v) is 7.51. The fourth-order valence-electron chi connectivity index (χ4n) is 7.51. The fraction of sp³-hybridized carbons (Fsp3) is 0.267. The normalized spacial score (nSPS) is 11.6. The Kier molecular flexibility index (Phi) is 13.5. The Bertz CT molecular complexity index is 2170. The molecule has 0 saturated carbocycles. The largest absolute Gasteiger partial charge is 0.488 e. The van der Waals surface area contributed by atoms with Gasteiger partial charge in [0.2, 0.25) is 0 Å². The molecule has 6 aromatic carbocycles. The molecule has 0 spiro atoms. The molecule has 0 aliphatic heterocycles. The van der Waals surface area contributed by atoms with Crippen LogP contribution in [0.5, 0.6) is 0 Å². The van der Waals surface area contributed by atoms with E-state index in [2.05, 4.69) is 71.3 Å². The average Bonchev–Trinajstić information content (AvgIpc) is 3.16. The molecule has 7 nitrogen and oxygen atoms in total. The molecule has 0 saturated heterocycles. The summed E-state index contributed by atoms with van der Waals surface area (Å²) in [4.78, 5) is 17.2. The zero-order valence-corrected chi connectivity index (χ0v) is 31.4. The van der Waals surface area contributed by atoms with Crippen molar-refractivity contribution in [3.05, 3.63) is 155 Å². The van der Waals surface area contributed by atoms with Gasteiger partial charge in [-0.05, 0) is 107 Å². The van der Waals surface area contributed by atoms with Crippen molar-refractivity contribution in [1.82, 2.24) is 9.80 Å². The number of ketones is 1. The van der Waals surface area contributed by atoms with Gasteiger partial charge in [-0.1, -0.05) is 128 Å². The molecule has 276 valence electrons. The van der Waals surface area contributed by atoms with Crippen LogP contribution in [0.2, 0.25) is 0 Å². The first kappa shape index (κ1) is 39.1. The maximum Gasteiger partial charge on any atom is 0.488 e. The standard InChI is InChI=1S/C45H50B2N2O5/c1-33-19-21-35(22-20-33)29-48(30-39-14-6-9-17-44(39)46(51)52)25-11-3-4-12-26-49(31-40-15-7-10-18-45(40)47(53)54)32-43-41-16-8-5-13-37(41)27-38-24-23-36(34(2)50)28-42(38)43/h5-10,13-24,27-28,51-54H,3-4,11-12,25-26,29-32H2,1-2H3. The van der Waals surface area contributed by atoms with Gasteiger partial charge in [0, 0.05) is 31.7 Å². The summed E-state index contributed by atoms with van der Waals surface area (Å²) >= 11 is 0. The van der Waals surface area contributed by atoms with Gasteiger partial charge < -0.3 is 20.1 Å². The number of rotatable bonds is 18. The smallest absolute Gasteiger partial charge is 0.423 e. The van der Waals surface area contributed by atoms with Gasteiger partial charge in [0.05, 0.1) is 0 Å². The summed E-state index contributed by atoms with van der Waals surface area (Å²) in [5.41, 5.74) is 7.13. The SMILES string of the molecule is CC(=O)c1ccc2cc3ccccc3c(CN(CCCCCCN(Cc3ccc(C)cc3)Cc3ccccc3B(O)O)Cc3ccccc3B(O)O)c2c1. The van der Waals surface area contributed by atoms with Gasteiger partial charge in [-0.15, -0.1) is 0 Å². The lowest BCUT2D eigenvalue weighted by atomic mass is 9.77. The van der Waals surface area contributed by atoms with Crippen molar-refractivity contribution in [2.24, 2.45) is 0 Å². The lowest BCUT2D eigenvalue weighted by Gasteiger charge is -2.26. The molecule has 0 unspecified atom stereocenters. The second-order valence-corrected chi connectivity index (χ2v) is 14.5. The molecule has 0 amide bonds. The Morgan fingerprint density at radius 1 is 0.556 bits per heavy atom. The quantitative estimate of drug-likeness (QED) is 0.0367. The van der Waals surface area contributed by atoms with Crippen LogP contribution in [0, 0.1) is 6.92 Å². The third-order valence-electron chi connectivity index (χ3n) is 10.4. The lowest BCUT2D eigenvalue weighted by molar-refractivity contribution is 0.101. The summed E-state index contributed by atoms with van der Waals surface area (Å²) in [7, 11) is -3.07. The van der Waals surface area contributed by atoms with E-state index in [4.69, 9.17) is 0 Å². The molecule has 4 N–H and O–H groups in total. The first-order chi connectivity index (χ1) is 26.2. The highest BCUT2D eigenvalue weighted by molar-refractivity contribution is 6.59. The maximum absolute atomic E-state index is 12.5. The number of carbonyl (C=O) groups is 1. The summed E-state index contributed by atoms with van der Waals surface area (Å²) in [6.07, 6.45) is 4.02. The topological polar surface area (TPSA) is 104 Å². The third-order valence-corrected chi connectivity index (χ3v) is 10.4. The van der Waals surface area contributed by atoms with Crippen LogP contribution in [0.4, 0.5) is 0 Å². The Labute approximate surface area is 319 Å². The molecule has 6 rings (SSSR count). The minimum Gasteiger partial charge on any atom is -0.423 e. The van der Waals surface area contributed by atoms with E-state index in [-0.39, 0.29) is 5.78 Å². The number of hydrogen-bond acceptors (Lipinski definition) is 7. The van der Waals surface area contributed by atoms with Crippen LogP contribution in [-0.4, -0.2) is 63.0 Å². The highest BCUT2D eigenvalue weighted by atomic mass is 16.4. The van der Waals surface area contributed by atoms with Crippen LogP contribution in [-0.2, 0) is 26.2 Å². The second kappa shape index (κ2) is 18.6. The van der Waals surface area contributed by atoms with Crippen LogP contribution in [0.1, 0.15) is 70.8 Å². The van der Waals surface area contributed by atoms with E-state index in [1.165, 1.54) is 11.1 Å². The summed E-state index contributed by atoms with van der Waals surface area (Å²) < 4.78 is 0. The molecule has 0 fully saturated rings.